The lowest BCUT2D eigenvalue weighted by atomic mass is 10.6. The molecule has 0 atom stereocenters. The molecule has 7 nitrogen and oxygen atoms in total. The average Bonchev–Trinajstić information content (AvgIpc) is 2.10. The number of azide groups is 1. The second-order valence-electron chi connectivity index (χ2n) is 2.27. The third kappa shape index (κ3) is 6.92. The summed E-state index contributed by atoms with van der Waals surface area (Å²) in [6.45, 7) is 1.21. The van der Waals surface area contributed by atoms with Crippen molar-refractivity contribution in [1.29, 1.82) is 0 Å². The Balaban J connectivity index is 3.25. The molecule has 0 aliphatic carbocycles. The lowest BCUT2D eigenvalue weighted by Gasteiger charge is -2.11. The van der Waals surface area contributed by atoms with E-state index in [1.54, 1.807) is 0 Å². The van der Waals surface area contributed by atoms with Crippen molar-refractivity contribution in [2.75, 3.05) is 33.4 Å². The largest absolute Gasteiger partial charge is 0.465 e. The molecule has 0 aromatic rings. The lowest BCUT2D eigenvalue weighted by Crippen LogP contribution is -2.28. The van der Waals surface area contributed by atoms with Crippen molar-refractivity contribution in [3.8, 4) is 0 Å². The predicted octanol–water partition coefficient (Wildman–Crippen LogP) is 0.923. The Morgan fingerprint density at radius 2 is 2.38 bits per heavy atom. The average molecular weight is 188 g/mol. The van der Waals surface area contributed by atoms with E-state index in [1.807, 2.05) is 0 Å². The maximum atomic E-state index is 10.3. The first-order valence-corrected chi connectivity index (χ1v) is 3.71. The van der Waals surface area contributed by atoms with Gasteiger partial charge in [0.2, 0.25) is 0 Å². The summed E-state index contributed by atoms with van der Waals surface area (Å²) in [5.74, 6) is 0. The van der Waals surface area contributed by atoms with Gasteiger partial charge in [0.25, 0.3) is 0 Å². The number of likely N-dealkylation sites (N-methyl/N-ethyl adjacent to an activating group) is 1. The van der Waals surface area contributed by atoms with Crippen molar-refractivity contribution in [2.24, 2.45) is 5.11 Å². The normalized spacial score (nSPS) is 9.00. The molecule has 0 heterocycles. The molecule has 0 aliphatic rings. The van der Waals surface area contributed by atoms with E-state index in [9.17, 15) is 4.79 Å². The third-order valence-electron chi connectivity index (χ3n) is 1.30. The smallest absolute Gasteiger partial charge is 0.407 e. The van der Waals surface area contributed by atoms with Gasteiger partial charge in [-0.3, -0.25) is 0 Å². The van der Waals surface area contributed by atoms with Gasteiger partial charge in [-0.15, -0.1) is 0 Å². The van der Waals surface area contributed by atoms with Gasteiger partial charge in [0.05, 0.1) is 13.2 Å². The maximum absolute atomic E-state index is 10.3. The van der Waals surface area contributed by atoms with Gasteiger partial charge >= 0.3 is 6.09 Å². The fourth-order valence-corrected chi connectivity index (χ4v) is 0.549. The van der Waals surface area contributed by atoms with Gasteiger partial charge < -0.3 is 14.7 Å². The van der Waals surface area contributed by atoms with Gasteiger partial charge in [0.1, 0.15) is 0 Å². The summed E-state index contributed by atoms with van der Waals surface area (Å²) in [5.41, 5.74) is 7.90. The second kappa shape index (κ2) is 7.20. The molecule has 0 fully saturated rings. The number of rotatable bonds is 6. The van der Waals surface area contributed by atoms with Crippen LogP contribution in [0.2, 0.25) is 0 Å². The van der Waals surface area contributed by atoms with Gasteiger partial charge in [-0.1, -0.05) is 5.11 Å². The van der Waals surface area contributed by atoms with Crippen LogP contribution >= 0.6 is 0 Å². The van der Waals surface area contributed by atoms with Gasteiger partial charge in [0.15, 0.2) is 0 Å². The van der Waals surface area contributed by atoms with E-state index >= 15 is 0 Å². The Labute approximate surface area is 75.5 Å². The first-order valence-electron chi connectivity index (χ1n) is 3.71. The number of hydrogen-bond acceptors (Lipinski definition) is 3. The van der Waals surface area contributed by atoms with Crippen LogP contribution in [0.3, 0.4) is 0 Å². The zero-order valence-electron chi connectivity index (χ0n) is 7.38. The SMILES string of the molecule is CN(CCOCCN=[N+]=[N-])C(=O)O. The highest BCUT2D eigenvalue weighted by Gasteiger charge is 2.03. The number of ether oxygens (including phenoxy) is 1. The molecular weight excluding hydrogens is 176 g/mol. The molecule has 0 rings (SSSR count). The Morgan fingerprint density at radius 1 is 1.69 bits per heavy atom. The number of carboxylic acid groups (broad SMARTS) is 1. The molecular formula is C6H12N4O3. The highest BCUT2D eigenvalue weighted by molar-refractivity contribution is 5.64. The van der Waals surface area contributed by atoms with Crippen LogP contribution in [0.15, 0.2) is 5.11 Å². The Bertz CT molecular complexity index is 202. The van der Waals surface area contributed by atoms with Crippen molar-refractivity contribution in [3.63, 3.8) is 0 Å². The lowest BCUT2D eigenvalue weighted by molar-refractivity contribution is 0.107. The van der Waals surface area contributed by atoms with Crippen LogP contribution in [-0.2, 0) is 4.74 Å². The van der Waals surface area contributed by atoms with Crippen LogP contribution in [0.4, 0.5) is 4.79 Å². The molecule has 0 aromatic carbocycles. The molecule has 0 spiro atoms. The second-order valence-corrected chi connectivity index (χ2v) is 2.27. The molecule has 1 N–H and O–H groups in total. The highest BCUT2D eigenvalue weighted by Crippen LogP contribution is 1.84. The molecule has 0 aromatic heterocycles. The maximum Gasteiger partial charge on any atom is 0.407 e. The molecule has 0 unspecified atom stereocenters. The van der Waals surface area contributed by atoms with E-state index in [0.29, 0.717) is 19.8 Å². The zero-order chi connectivity index (χ0) is 10.1. The van der Waals surface area contributed by atoms with Crippen molar-refractivity contribution in [2.45, 2.75) is 0 Å². The van der Waals surface area contributed by atoms with Gasteiger partial charge in [-0.05, 0) is 5.53 Å². The van der Waals surface area contributed by atoms with Crippen LogP contribution in [0.5, 0.6) is 0 Å². The minimum absolute atomic E-state index is 0.271. The number of carbonyl (C=O) groups is 1. The Morgan fingerprint density at radius 3 is 2.92 bits per heavy atom. The van der Waals surface area contributed by atoms with E-state index in [4.69, 9.17) is 15.4 Å². The monoisotopic (exact) mass is 188 g/mol. The molecule has 7 heteroatoms. The van der Waals surface area contributed by atoms with E-state index < -0.39 is 6.09 Å². The summed E-state index contributed by atoms with van der Waals surface area (Å²) in [6.07, 6.45) is -0.987. The van der Waals surface area contributed by atoms with Crippen molar-refractivity contribution >= 4 is 6.09 Å². The van der Waals surface area contributed by atoms with E-state index in [1.165, 1.54) is 7.05 Å². The summed E-state index contributed by atoms with van der Waals surface area (Å²) < 4.78 is 4.99. The molecule has 0 saturated heterocycles. The topological polar surface area (TPSA) is 98.5 Å². The third-order valence-corrected chi connectivity index (χ3v) is 1.30. The summed E-state index contributed by atoms with van der Waals surface area (Å²) in [4.78, 5) is 13.9. The van der Waals surface area contributed by atoms with Crippen LogP contribution in [0.25, 0.3) is 10.4 Å². The molecule has 0 bridgehead atoms. The fourth-order valence-electron chi connectivity index (χ4n) is 0.549. The van der Waals surface area contributed by atoms with Crippen molar-refractivity contribution < 1.29 is 14.6 Å². The van der Waals surface area contributed by atoms with Crippen LogP contribution in [-0.4, -0.2) is 49.5 Å². The number of nitrogens with zero attached hydrogens (tertiary/aromatic N) is 4. The summed E-state index contributed by atoms with van der Waals surface area (Å²) in [6, 6.07) is 0. The van der Waals surface area contributed by atoms with Gasteiger partial charge in [-0.25, -0.2) is 4.79 Å². The molecule has 13 heavy (non-hydrogen) atoms. The first-order chi connectivity index (χ1) is 6.18. The minimum atomic E-state index is -0.987. The molecule has 0 radical (unpaired) electrons. The highest BCUT2D eigenvalue weighted by atomic mass is 16.5. The summed E-state index contributed by atoms with van der Waals surface area (Å²) >= 11 is 0. The zero-order valence-corrected chi connectivity index (χ0v) is 7.38. The van der Waals surface area contributed by atoms with E-state index in [2.05, 4.69) is 10.0 Å². The predicted molar refractivity (Wildman–Crippen MR) is 45.5 cm³/mol. The summed E-state index contributed by atoms with van der Waals surface area (Å²) in [7, 11) is 1.46. The molecule has 0 saturated carbocycles. The van der Waals surface area contributed by atoms with Crippen molar-refractivity contribution in [1.82, 2.24) is 4.90 Å². The van der Waals surface area contributed by atoms with Gasteiger partial charge in [0, 0.05) is 25.0 Å². The standard InChI is InChI=1S/C6H12N4O3/c1-10(6(11)12)3-5-13-4-2-8-9-7/h2-5H2,1H3,(H,11,12). The quantitative estimate of drug-likeness (QED) is 0.290. The summed E-state index contributed by atoms with van der Waals surface area (Å²) in [5, 5.41) is 11.7. The first kappa shape index (κ1) is 11.5. The number of hydrogen-bond donors (Lipinski definition) is 1. The van der Waals surface area contributed by atoms with Crippen LogP contribution < -0.4 is 0 Å². The van der Waals surface area contributed by atoms with Crippen LogP contribution in [0.1, 0.15) is 0 Å². The molecule has 74 valence electrons. The van der Waals surface area contributed by atoms with Crippen molar-refractivity contribution in [3.05, 3.63) is 10.4 Å². The van der Waals surface area contributed by atoms with Crippen LogP contribution in [0, 0.1) is 0 Å². The van der Waals surface area contributed by atoms with E-state index in [-0.39, 0.29) is 6.54 Å². The Kier molecular flexibility index (Phi) is 6.39. The van der Waals surface area contributed by atoms with E-state index in [0.717, 1.165) is 4.90 Å². The molecule has 1 amide bonds. The Hall–Kier alpha value is -1.46. The minimum Gasteiger partial charge on any atom is -0.465 e. The number of amides is 1. The fraction of sp³-hybridized carbons (Fsp3) is 0.833. The molecule has 0 aliphatic heterocycles. The van der Waals surface area contributed by atoms with Gasteiger partial charge in [-0.2, -0.15) is 0 Å².